The number of halogens is 1. The number of rotatable bonds is 13. The number of hydrogen-bond acceptors (Lipinski definition) is 8. The second kappa shape index (κ2) is 14.2. The van der Waals surface area contributed by atoms with Gasteiger partial charge in [0.1, 0.15) is 29.0 Å². The maximum absolute atomic E-state index is 13.0. The Morgan fingerprint density at radius 3 is 2.58 bits per heavy atom. The molecule has 0 aromatic heterocycles. The standard InChI is InChI=1S/C29H30ClN3O9S/c1-40-24-12-10-20(30)16-26(24)43(38,39)33-22(28(35)36)15-19-9-11-23-21(14-19)32-27(34)25(42-23)8-5-13-31-29(37)41-17-18-6-3-2-4-7-18/h2-4,6-7,9-12,14,16,22,25,33H,5,8,13,15,17H2,1H3,(H,31,37)(H,32,34)(H,35,36)/t22-,25+/m0/s1. The lowest BCUT2D eigenvalue weighted by Gasteiger charge is -2.26. The Kier molecular flexibility index (Phi) is 10.5. The number of anilines is 1. The third-order valence-electron chi connectivity index (χ3n) is 6.44. The normalized spacial score (nSPS) is 14.9. The van der Waals surface area contributed by atoms with Crippen LogP contribution in [0.15, 0.2) is 71.6 Å². The number of benzene rings is 3. The molecule has 3 aromatic rings. The third-order valence-corrected chi connectivity index (χ3v) is 8.17. The molecule has 3 aromatic carbocycles. The molecule has 14 heteroatoms. The fraction of sp³-hybridized carbons (Fsp3) is 0.276. The lowest BCUT2D eigenvalue weighted by atomic mass is 10.0. The van der Waals surface area contributed by atoms with Gasteiger partial charge in [-0.3, -0.25) is 9.59 Å². The van der Waals surface area contributed by atoms with Gasteiger partial charge in [-0.1, -0.05) is 48.0 Å². The van der Waals surface area contributed by atoms with Gasteiger partial charge >= 0.3 is 12.1 Å². The summed E-state index contributed by atoms with van der Waals surface area (Å²) in [5.74, 6) is -1.43. The van der Waals surface area contributed by atoms with E-state index in [0.717, 1.165) is 11.6 Å². The van der Waals surface area contributed by atoms with Crippen molar-refractivity contribution in [2.75, 3.05) is 19.0 Å². The van der Waals surface area contributed by atoms with Crippen molar-refractivity contribution in [2.24, 2.45) is 0 Å². The molecule has 12 nitrogen and oxygen atoms in total. The number of alkyl carbamates (subject to hydrolysis) is 1. The molecule has 0 aliphatic carbocycles. The molecule has 0 unspecified atom stereocenters. The van der Waals surface area contributed by atoms with Gasteiger partial charge in [-0.05, 0) is 60.7 Å². The number of aliphatic carboxylic acids is 1. The van der Waals surface area contributed by atoms with E-state index in [1.165, 1.54) is 25.3 Å². The SMILES string of the molecule is COc1ccc(Cl)cc1S(=O)(=O)N[C@@H](Cc1ccc2c(c1)NC(=O)[C@@H](CCCNC(=O)OCc1ccccc1)O2)C(=O)O. The van der Waals surface area contributed by atoms with E-state index in [1.807, 2.05) is 30.3 Å². The van der Waals surface area contributed by atoms with Crippen molar-refractivity contribution >= 4 is 45.3 Å². The van der Waals surface area contributed by atoms with Gasteiger partial charge in [0.05, 0.1) is 12.8 Å². The van der Waals surface area contributed by atoms with Crippen molar-refractivity contribution in [1.29, 1.82) is 0 Å². The van der Waals surface area contributed by atoms with E-state index >= 15 is 0 Å². The number of carboxylic acid groups (broad SMARTS) is 1. The van der Waals surface area contributed by atoms with Crippen LogP contribution in [0.1, 0.15) is 24.0 Å². The highest BCUT2D eigenvalue weighted by atomic mass is 35.5. The van der Waals surface area contributed by atoms with Crippen LogP contribution in [0.25, 0.3) is 0 Å². The summed E-state index contributed by atoms with van der Waals surface area (Å²) >= 11 is 5.94. The van der Waals surface area contributed by atoms with Crippen molar-refractivity contribution in [2.45, 2.75) is 42.9 Å². The second-order valence-electron chi connectivity index (χ2n) is 9.57. The van der Waals surface area contributed by atoms with Gasteiger partial charge in [0.15, 0.2) is 6.10 Å². The quantitative estimate of drug-likeness (QED) is 0.205. The number of hydrogen-bond donors (Lipinski definition) is 4. The van der Waals surface area contributed by atoms with Crippen LogP contribution >= 0.6 is 11.6 Å². The molecule has 2 atom stereocenters. The summed E-state index contributed by atoms with van der Waals surface area (Å²) in [7, 11) is -3.04. The minimum Gasteiger partial charge on any atom is -0.495 e. The third kappa shape index (κ3) is 8.60. The average molecular weight is 632 g/mol. The first-order valence-corrected chi connectivity index (χ1v) is 15.1. The maximum atomic E-state index is 13.0. The molecule has 228 valence electrons. The number of fused-ring (bicyclic) bond motifs is 1. The number of ether oxygens (including phenoxy) is 3. The Balaban J connectivity index is 1.31. The fourth-order valence-electron chi connectivity index (χ4n) is 4.29. The number of sulfonamides is 1. The lowest BCUT2D eigenvalue weighted by molar-refractivity contribution is -0.139. The first-order chi connectivity index (χ1) is 20.6. The van der Waals surface area contributed by atoms with E-state index in [4.69, 9.17) is 25.8 Å². The molecule has 0 fully saturated rings. The number of nitrogens with one attached hydrogen (secondary N) is 3. The van der Waals surface area contributed by atoms with E-state index in [1.54, 1.807) is 12.1 Å². The molecule has 0 saturated carbocycles. The number of amides is 2. The highest BCUT2D eigenvalue weighted by Crippen LogP contribution is 2.32. The fourth-order valence-corrected chi connectivity index (χ4v) is 5.91. The van der Waals surface area contributed by atoms with Crippen LogP contribution in [0.3, 0.4) is 0 Å². The van der Waals surface area contributed by atoms with Gasteiger partial charge in [0.25, 0.3) is 5.91 Å². The van der Waals surface area contributed by atoms with Crippen LogP contribution in [-0.2, 0) is 37.4 Å². The monoisotopic (exact) mass is 631 g/mol. The van der Waals surface area contributed by atoms with Crippen molar-refractivity contribution in [3.63, 3.8) is 0 Å². The zero-order valence-electron chi connectivity index (χ0n) is 23.0. The van der Waals surface area contributed by atoms with E-state index < -0.39 is 40.1 Å². The molecule has 1 heterocycles. The predicted octanol–water partition coefficient (Wildman–Crippen LogP) is 3.73. The zero-order valence-corrected chi connectivity index (χ0v) is 24.6. The summed E-state index contributed by atoms with van der Waals surface area (Å²) in [6, 6.07) is 16.4. The Morgan fingerprint density at radius 2 is 1.86 bits per heavy atom. The van der Waals surface area contributed by atoms with E-state index in [0.29, 0.717) is 29.8 Å². The summed E-state index contributed by atoms with van der Waals surface area (Å²) in [5, 5.41) is 15.3. The molecule has 1 aliphatic rings. The molecule has 43 heavy (non-hydrogen) atoms. The highest BCUT2D eigenvalue weighted by Gasteiger charge is 2.30. The molecule has 2 amide bonds. The zero-order chi connectivity index (χ0) is 31.0. The molecule has 0 spiro atoms. The predicted molar refractivity (Wildman–Crippen MR) is 157 cm³/mol. The summed E-state index contributed by atoms with van der Waals surface area (Å²) in [5.41, 5.74) is 1.63. The van der Waals surface area contributed by atoms with Gasteiger partial charge < -0.3 is 30.0 Å². The van der Waals surface area contributed by atoms with Crippen LogP contribution < -0.4 is 24.8 Å². The first-order valence-electron chi connectivity index (χ1n) is 13.2. The Labute approximate surface area is 253 Å². The molecule has 4 N–H and O–H groups in total. The van der Waals surface area contributed by atoms with Crippen LogP contribution in [0.5, 0.6) is 11.5 Å². The van der Waals surface area contributed by atoms with E-state index in [-0.39, 0.29) is 35.2 Å². The minimum absolute atomic E-state index is 0.00278. The van der Waals surface area contributed by atoms with Crippen LogP contribution in [0.4, 0.5) is 10.5 Å². The summed E-state index contributed by atoms with van der Waals surface area (Å²) in [6.07, 6.45) is -0.821. The van der Waals surface area contributed by atoms with Crippen molar-refractivity contribution in [3.05, 3.63) is 82.9 Å². The number of methoxy groups -OCH3 is 1. The highest BCUT2D eigenvalue weighted by molar-refractivity contribution is 7.89. The molecule has 0 bridgehead atoms. The molecule has 0 saturated heterocycles. The number of carboxylic acids is 1. The first kappa shape index (κ1) is 31.6. The van der Waals surface area contributed by atoms with Gasteiger partial charge in [-0.25, -0.2) is 13.2 Å². The van der Waals surface area contributed by atoms with Crippen molar-refractivity contribution < 1.29 is 42.1 Å². The molecular formula is C29H30ClN3O9S. The number of carbonyl (C=O) groups excluding carboxylic acids is 2. The van der Waals surface area contributed by atoms with E-state index in [2.05, 4.69) is 15.4 Å². The van der Waals surface area contributed by atoms with Gasteiger partial charge in [-0.2, -0.15) is 4.72 Å². The van der Waals surface area contributed by atoms with Crippen LogP contribution in [0.2, 0.25) is 5.02 Å². The summed E-state index contributed by atoms with van der Waals surface area (Å²) in [4.78, 5) is 36.2. The molecule has 1 aliphatic heterocycles. The van der Waals surface area contributed by atoms with Crippen molar-refractivity contribution in [1.82, 2.24) is 10.0 Å². The average Bonchev–Trinajstić information content (AvgIpc) is 2.98. The Morgan fingerprint density at radius 1 is 1.09 bits per heavy atom. The summed E-state index contributed by atoms with van der Waals surface area (Å²) < 4.78 is 44.3. The molecule has 0 radical (unpaired) electrons. The van der Waals surface area contributed by atoms with Gasteiger partial charge in [-0.15, -0.1) is 0 Å². The largest absolute Gasteiger partial charge is 0.495 e. The minimum atomic E-state index is -4.32. The second-order valence-corrected chi connectivity index (χ2v) is 11.7. The van der Waals surface area contributed by atoms with E-state index in [9.17, 15) is 27.9 Å². The van der Waals surface area contributed by atoms with Crippen molar-refractivity contribution in [3.8, 4) is 11.5 Å². The topological polar surface area (TPSA) is 169 Å². The Hall–Kier alpha value is -4.33. The van der Waals surface area contributed by atoms with Gasteiger partial charge in [0, 0.05) is 11.6 Å². The number of carbonyl (C=O) groups is 3. The Bertz CT molecular complexity index is 1590. The smallest absolute Gasteiger partial charge is 0.407 e. The molecular weight excluding hydrogens is 602 g/mol. The lowest BCUT2D eigenvalue weighted by Crippen LogP contribution is -2.42. The van der Waals surface area contributed by atoms with Crippen LogP contribution in [-0.4, -0.2) is 57.3 Å². The maximum Gasteiger partial charge on any atom is 0.407 e. The summed E-state index contributed by atoms with van der Waals surface area (Å²) in [6.45, 7) is 0.426. The molecule has 4 rings (SSSR count). The van der Waals surface area contributed by atoms with Crippen LogP contribution in [0, 0.1) is 0 Å². The van der Waals surface area contributed by atoms with Gasteiger partial charge in [0.2, 0.25) is 10.0 Å².